The lowest BCUT2D eigenvalue weighted by atomic mass is 9.95. The van der Waals surface area contributed by atoms with Gasteiger partial charge in [-0.1, -0.05) is 12.1 Å². The first kappa shape index (κ1) is 17.3. The zero-order valence-corrected chi connectivity index (χ0v) is 15.4. The predicted molar refractivity (Wildman–Crippen MR) is 106 cm³/mol. The molecule has 2 amide bonds. The molecule has 2 aromatic carbocycles. The number of rotatable bonds is 4. The minimum Gasteiger partial charge on any atom is -0.366 e. The number of benzene rings is 2. The number of aromatic amines is 1. The van der Waals surface area contributed by atoms with Gasteiger partial charge in [0, 0.05) is 41.3 Å². The summed E-state index contributed by atoms with van der Waals surface area (Å²) in [5.41, 5.74) is 11.2. The van der Waals surface area contributed by atoms with Crippen molar-refractivity contribution in [2.75, 3.05) is 7.05 Å². The van der Waals surface area contributed by atoms with Crippen molar-refractivity contribution >= 4 is 22.7 Å². The number of carbonyl (C=O) groups is 2. The molecule has 5 heteroatoms. The second kappa shape index (κ2) is 6.91. The highest BCUT2D eigenvalue weighted by atomic mass is 16.2. The van der Waals surface area contributed by atoms with Crippen molar-refractivity contribution < 1.29 is 9.59 Å². The van der Waals surface area contributed by atoms with Gasteiger partial charge < -0.3 is 15.6 Å². The van der Waals surface area contributed by atoms with E-state index in [2.05, 4.69) is 4.98 Å². The molecule has 0 fully saturated rings. The van der Waals surface area contributed by atoms with E-state index in [1.165, 1.54) is 29.5 Å². The second-order valence-electron chi connectivity index (χ2n) is 7.27. The van der Waals surface area contributed by atoms with Crippen LogP contribution in [-0.2, 0) is 19.4 Å². The Kier molecular flexibility index (Phi) is 4.44. The fourth-order valence-electron chi connectivity index (χ4n) is 3.88. The van der Waals surface area contributed by atoms with Crippen LogP contribution in [0.25, 0.3) is 10.9 Å². The number of hydrogen-bond acceptors (Lipinski definition) is 2. The first-order chi connectivity index (χ1) is 13.0. The van der Waals surface area contributed by atoms with Crippen LogP contribution in [0.4, 0.5) is 0 Å². The van der Waals surface area contributed by atoms with Crippen LogP contribution < -0.4 is 5.73 Å². The van der Waals surface area contributed by atoms with E-state index in [-0.39, 0.29) is 5.91 Å². The standard InChI is InChI=1S/C22H23N3O2/c1-25(13-14-6-8-15(9-7-14)21(23)26)22(27)16-10-11-20-18(12-16)17-4-2-3-5-19(17)24-20/h6-12,24H,2-5,13H2,1H3,(H2,23,26). The van der Waals surface area contributed by atoms with Crippen LogP contribution in [0.15, 0.2) is 42.5 Å². The molecule has 0 saturated heterocycles. The molecule has 5 nitrogen and oxygen atoms in total. The number of amides is 2. The number of aryl methyl sites for hydroxylation is 2. The largest absolute Gasteiger partial charge is 0.366 e. The fraction of sp³-hybridized carbons (Fsp3) is 0.273. The maximum Gasteiger partial charge on any atom is 0.253 e. The maximum absolute atomic E-state index is 12.9. The van der Waals surface area contributed by atoms with E-state index in [1.807, 2.05) is 30.3 Å². The summed E-state index contributed by atoms with van der Waals surface area (Å²) in [6.45, 7) is 0.473. The Morgan fingerprint density at radius 2 is 1.74 bits per heavy atom. The number of aromatic nitrogens is 1. The first-order valence-corrected chi connectivity index (χ1v) is 9.30. The van der Waals surface area contributed by atoms with Crippen molar-refractivity contribution in [1.82, 2.24) is 9.88 Å². The van der Waals surface area contributed by atoms with Crippen molar-refractivity contribution in [3.63, 3.8) is 0 Å². The third-order valence-electron chi connectivity index (χ3n) is 5.35. The van der Waals surface area contributed by atoms with Gasteiger partial charge in [-0.3, -0.25) is 9.59 Å². The third kappa shape index (κ3) is 3.33. The van der Waals surface area contributed by atoms with Gasteiger partial charge in [-0.25, -0.2) is 0 Å². The minimum atomic E-state index is -0.450. The van der Waals surface area contributed by atoms with Crippen molar-refractivity contribution in [2.45, 2.75) is 32.2 Å². The highest BCUT2D eigenvalue weighted by Crippen LogP contribution is 2.30. The summed E-state index contributed by atoms with van der Waals surface area (Å²) in [5, 5.41) is 1.18. The summed E-state index contributed by atoms with van der Waals surface area (Å²) in [4.78, 5) is 29.3. The van der Waals surface area contributed by atoms with Gasteiger partial charge in [-0.2, -0.15) is 0 Å². The Hall–Kier alpha value is -3.08. The SMILES string of the molecule is CN(Cc1ccc(C(N)=O)cc1)C(=O)c1ccc2[nH]c3c(c2c1)CCCC3. The van der Waals surface area contributed by atoms with Crippen molar-refractivity contribution in [3.8, 4) is 0 Å². The molecule has 3 aromatic rings. The average molecular weight is 361 g/mol. The van der Waals surface area contributed by atoms with Crippen LogP contribution in [0.1, 0.15) is 50.4 Å². The van der Waals surface area contributed by atoms with E-state index >= 15 is 0 Å². The molecule has 138 valence electrons. The summed E-state index contributed by atoms with van der Waals surface area (Å²) in [7, 11) is 1.79. The van der Waals surface area contributed by atoms with Gasteiger partial charge in [0.05, 0.1) is 0 Å². The Morgan fingerprint density at radius 3 is 2.48 bits per heavy atom. The van der Waals surface area contributed by atoms with Gasteiger partial charge in [-0.15, -0.1) is 0 Å². The molecule has 1 aliphatic carbocycles. The van der Waals surface area contributed by atoms with Gasteiger partial charge in [-0.05, 0) is 67.1 Å². The Balaban J connectivity index is 1.55. The topological polar surface area (TPSA) is 79.2 Å². The van der Waals surface area contributed by atoms with Crippen LogP contribution in [0.5, 0.6) is 0 Å². The van der Waals surface area contributed by atoms with Crippen LogP contribution in [0, 0.1) is 0 Å². The number of carbonyl (C=O) groups excluding carboxylic acids is 2. The fourth-order valence-corrected chi connectivity index (χ4v) is 3.88. The molecular formula is C22H23N3O2. The Labute approximate surface area is 158 Å². The van der Waals surface area contributed by atoms with Gasteiger partial charge in [0.1, 0.15) is 0 Å². The number of hydrogen-bond donors (Lipinski definition) is 2. The Bertz CT molecular complexity index is 1020. The van der Waals surface area contributed by atoms with E-state index in [0.717, 1.165) is 23.9 Å². The second-order valence-corrected chi connectivity index (χ2v) is 7.27. The smallest absolute Gasteiger partial charge is 0.253 e. The molecule has 0 aliphatic heterocycles. The maximum atomic E-state index is 12.9. The zero-order chi connectivity index (χ0) is 19.0. The van der Waals surface area contributed by atoms with Crippen molar-refractivity contribution in [2.24, 2.45) is 5.73 Å². The lowest BCUT2D eigenvalue weighted by Crippen LogP contribution is -2.26. The number of H-pyrrole nitrogens is 1. The molecule has 0 unspecified atom stereocenters. The van der Waals surface area contributed by atoms with Crippen LogP contribution >= 0.6 is 0 Å². The number of nitrogens with one attached hydrogen (secondary N) is 1. The highest BCUT2D eigenvalue weighted by molar-refractivity contribution is 5.99. The summed E-state index contributed by atoms with van der Waals surface area (Å²) in [6.07, 6.45) is 4.60. The van der Waals surface area contributed by atoms with Crippen molar-refractivity contribution in [1.29, 1.82) is 0 Å². The average Bonchev–Trinajstić information content (AvgIpc) is 3.05. The molecular weight excluding hydrogens is 338 g/mol. The van der Waals surface area contributed by atoms with Crippen LogP contribution in [0.2, 0.25) is 0 Å². The van der Waals surface area contributed by atoms with Gasteiger partial charge >= 0.3 is 0 Å². The Morgan fingerprint density at radius 1 is 1.04 bits per heavy atom. The van der Waals surface area contributed by atoms with Crippen LogP contribution in [-0.4, -0.2) is 28.7 Å². The molecule has 27 heavy (non-hydrogen) atoms. The lowest BCUT2D eigenvalue weighted by molar-refractivity contribution is 0.0785. The lowest BCUT2D eigenvalue weighted by Gasteiger charge is -2.18. The van der Waals surface area contributed by atoms with E-state index in [1.54, 1.807) is 24.1 Å². The molecule has 0 bridgehead atoms. The van der Waals surface area contributed by atoms with E-state index in [0.29, 0.717) is 17.7 Å². The van der Waals surface area contributed by atoms with E-state index in [4.69, 9.17) is 5.73 Å². The molecule has 1 aromatic heterocycles. The monoisotopic (exact) mass is 361 g/mol. The zero-order valence-electron chi connectivity index (χ0n) is 15.4. The molecule has 0 spiro atoms. The third-order valence-corrected chi connectivity index (χ3v) is 5.35. The van der Waals surface area contributed by atoms with Gasteiger partial charge in [0.15, 0.2) is 0 Å². The minimum absolute atomic E-state index is 0.0124. The summed E-state index contributed by atoms with van der Waals surface area (Å²) >= 11 is 0. The molecule has 0 saturated carbocycles. The van der Waals surface area contributed by atoms with E-state index < -0.39 is 5.91 Å². The molecule has 0 radical (unpaired) electrons. The van der Waals surface area contributed by atoms with Gasteiger partial charge in [0.25, 0.3) is 5.91 Å². The number of primary amides is 1. The van der Waals surface area contributed by atoms with E-state index in [9.17, 15) is 9.59 Å². The normalized spacial score (nSPS) is 13.4. The van der Waals surface area contributed by atoms with Crippen molar-refractivity contribution in [3.05, 3.63) is 70.4 Å². The summed E-state index contributed by atoms with van der Waals surface area (Å²) < 4.78 is 0. The first-order valence-electron chi connectivity index (χ1n) is 9.30. The highest BCUT2D eigenvalue weighted by Gasteiger charge is 2.18. The number of fused-ring (bicyclic) bond motifs is 3. The number of nitrogens with zero attached hydrogens (tertiary/aromatic N) is 1. The summed E-state index contributed by atoms with van der Waals surface area (Å²) in [5.74, 6) is -0.462. The molecule has 0 atom stereocenters. The van der Waals surface area contributed by atoms with Gasteiger partial charge in [0.2, 0.25) is 5.91 Å². The molecule has 1 heterocycles. The summed E-state index contributed by atoms with van der Waals surface area (Å²) in [6, 6.07) is 13.0. The quantitative estimate of drug-likeness (QED) is 0.747. The number of nitrogens with two attached hydrogens (primary N) is 1. The molecule has 3 N–H and O–H groups in total. The molecule has 1 aliphatic rings. The molecule has 4 rings (SSSR count). The van der Waals surface area contributed by atoms with Crippen LogP contribution in [0.3, 0.4) is 0 Å². The predicted octanol–water partition coefficient (Wildman–Crippen LogP) is 3.42.